The third kappa shape index (κ3) is 1.98. The van der Waals surface area contributed by atoms with Gasteiger partial charge in [0, 0.05) is 11.6 Å². The second-order valence-electron chi connectivity index (χ2n) is 5.20. The van der Waals surface area contributed by atoms with Crippen LogP contribution in [0.25, 0.3) is 10.8 Å². The van der Waals surface area contributed by atoms with E-state index in [1.54, 1.807) is 19.4 Å². The zero-order valence-corrected chi connectivity index (χ0v) is 11.4. The van der Waals surface area contributed by atoms with Crippen molar-refractivity contribution in [2.24, 2.45) is 4.99 Å². The van der Waals surface area contributed by atoms with Crippen LogP contribution in [0.1, 0.15) is 31.2 Å². The molecule has 1 aromatic heterocycles. The summed E-state index contributed by atoms with van der Waals surface area (Å²) >= 11 is 0. The van der Waals surface area contributed by atoms with Gasteiger partial charge in [-0.25, -0.2) is 9.78 Å². The molecule has 20 heavy (non-hydrogen) atoms. The van der Waals surface area contributed by atoms with E-state index in [4.69, 9.17) is 4.74 Å². The second-order valence-corrected chi connectivity index (χ2v) is 5.20. The normalized spacial score (nSPS) is 16.9. The third-order valence-electron chi connectivity index (χ3n) is 4.15. The Morgan fingerprint density at radius 2 is 2.10 bits per heavy atom. The Labute approximate surface area is 117 Å². The molecule has 1 aliphatic carbocycles. The van der Waals surface area contributed by atoms with E-state index in [9.17, 15) is 4.79 Å². The molecule has 1 aliphatic rings. The fourth-order valence-electron chi connectivity index (χ4n) is 3.11. The van der Waals surface area contributed by atoms with Crippen molar-refractivity contribution in [1.82, 2.24) is 4.98 Å². The van der Waals surface area contributed by atoms with E-state index < -0.39 is 5.54 Å². The molecule has 1 fully saturated rings. The van der Waals surface area contributed by atoms with E-state index in [-0.39, 0.29) is 0 Å². The molecule has 0 saturated heterocycles. The van der Waals surface area contributed by atoms with Gasteiger partial charge < -0.3 is 4.74 Å². The van der Waals surface area contributed by atoms with E-state index in [0.717, 1.165) is 42.0 Å². The molecular formula is C16H16N2O2. The maximum absolute atomic E-state index is 10.8. The summed E-state index contributed by atoms with van der Waals surface area (Å²) in [4.78, 5) is 19.1. The number of aromatic nitrogens is 1. The van der Waals surface area contributed by atoms with E-state index in [0.29, 0.717) is 5.88 Å². The molecule has 0 aliphatic heterocycles. The molecule has 4 heteroatoms. The fraction of sp³-hybridized carbons (Fsp3) is 0.375. The van der Waals surface area contributed by atoms with Crippen LogP contribution in [0.3, 0.4) is 0 Å². The van der Waals surface area contributed by atoms with Crippen molar-refractivity contribution in [1.29, 1.82) is 0 Å². The van der Waals surface area contributed by atoms with Crippen molar-refractivity contribution in [2.75, 3.05) is 7.11 Å². The minimum absolute atomic E-state index is 0.406. The highest BCUT2D eigenvalue weighted by atomic mass is 16.5. The highest BCUT2D eigenvalue weighted by molar-refractivity contribution is 5.87. The number of hydrogen-bond acceptors (Lipinski definition) is 4. The first-order valence-corrected chi connectivity index (χ1v) is 6.81. The molecule has 0 radical (unpaired) electrons. The molecule has 0 amide bonds. The molecule has 0 unspecified atom stereocenters. The number of carbonyl (C=O) groups excluding carboxylic acids is 1. The molecule has 0 atom stereocenters. The molecule has 0 bridgehead atoms. The maximum Gasteiger partial charge on any atom is 0.235 e. The van der Waals surface area contributed by atoms with Gasteiger partial charge in [-0.05, 0) is 35.9 Å². The van der Waals surface area contributed by atoms with Crippen LogP contribution in [0.2, 0.25) is 0 Å². The van der Waals surface area contributed by atoms with Gasteiger partial charge in [0.2, 0.25) is 12.0 Å². The van der Waals surface area contributed by atoms with Crippen LogP contribution in [-0.2, 0) is 10.3 Å². The van der Waals surface area contributed by atoms with Crippen LogP contribution in [0.5, 0.6) is 5.88 Å². The number of hydrogen-bond donors (Lipinski definition) is 0. The number of methoxy groups -OCH3 is 1. The predicted octanol–water partition coefficient (Wildman–Crippen LogP) is 3.35. The van der Waals surface area contributed by atoms with Crippen molar-refractivity contribution >= 4 is 16.9 Å². The summed E-state index contributed by atoms with van der Waals surface area (Å²) in [7, 11) is 1.61. The summed E-state index contributed by atoms with van der Waals surface area (Å²) < 4.78 is 5.32. The minimum atomic E-state index is -0.406. The lowest BCUT2D eigenvalue weighted by molar-refractivity contribution is 0.403. The Balaban J connectivity index is 2.19. The largest absolute Gasteiger partial charge is 0.481 e. The van der Waals surface area contributed by atoms with Crippen molar-refractivity contribution in [3.63, 3.8) is 0 Å². The Hall–Kier alpha value is -2.19. The molecule has 1 saturated carbocycles. The maximum atomic E-state index is 10.8. The molecule has 4 nitrogen and oxygen atoms in total. The van der Waals surface area contributed by atoms with Crippen molar-refractivity contribution in [3.05, 3.63) is 36.0 Å². The molecule has 1 aromatic carbocycles. The molecule has 3 rings (SSSR count). The number of pyridine rings is 1. The Bertz CT molecular complexity index is 684. The number of nitrogens with zero attached hydrogens (tertiary/aromatic N) is 2. The number of ether oxygens (including phenoxy) is 1. The van der Waals surface area contributed by atoms with Gasteiger partial charge in [-0.15, -0.1) is 0 Å². The monoisotopic (exact) mass is 268 g/mol. The third-order valence-corrected chi connectivity index (χ3v) is 4.15. The molecule has 2 aromatic rings. The average Bonchev–Trinajstić information content (AvgIpc) is 2.96. The highest BCUT2D eigenvalue weighted by Gasteiger charge is 2.35. The first-order valence-electron chi connectivity index (χ1n) is 6.81. The molecule has 0 spiro atoms. The van der Waals surface area contributed by atoms with Crippen molar-refractivity contribution in [3.8, 4) is 5.88 Å². The van der Waals surface area contributed by atoms with Crippen LogP contribution in [0.15, 0.2) is 35.5 Å². The highest BCUT2D eigenvalue weighted by Crippen LogP contribution is 2.43. The lowest BCUT2D eigenvalue weighted by atomic mass is 9.88. The molecule has 1 heterocycles. The zero-order chi connectivity index (χ0) is 14.0. The topological polar surface area (TPSA) is 51.6 Å². The summed E-state index contributed by atoms with van der Waals surface area (Å²) in [5.74, 6) is 0.604. The van der Waals surface area contributed by atoms with E-state index in [1.165, 1.54) is 0 Å². The van der Waals surface area contributed by atoms with Crippen molar-refractivity contribution in [2.45, 2.75) is 31.2 Å². The lowest BCUT2D eigenvalue weighted by Gasteiger charge is -2.23. The first-order chi connectivity index (χ1) is 9.79. The van der Waals surface area contributed by atoms with E-state index in [2.05, 4.69) is 9.98 Å². The lowest BCUT2D eigenvalue weighted by Crippen LogP contribution is -2.18. The summed E-state index contributed by atoms with van der Waals surface area (Å²) in [6.07, 6.45) is 7.47. The predicted molar refractivity (Wildman–Crippen MR) is 76.6 cm³/mol. The summed E-state index contributed by atoms with van der Waals surface area (Å²) in [5.41, 5.74) is 0.647. The van der Waals surface area contributed by atoms with Crippen LogP contribution < -0.4 is 4.74 Å². The number of isocyanates is 1. The number of benzene rings is 1. The molecule has 102 valence electrons. The van der Waals surface area contributed by atoms with Crippen LogP contribution >= 0.6 is 0 Å². The van der Waals surface area contributed by atoms with Crippen LogP contribution in [0, 0.1) is 0 Å². The van der Waals surface area contributed by atoms with E-state index >= 15 is 0 Å². The van der Waals surface area contributed by atoms with Gasteiger partial charge in [0.25, 0.3) is 0 Å². The average molecular weight is 268 g/mol. The quantitative estimate of drug-likeness (QED) is 0.633. The summed E-state index contributed by atoms with van der Waals surface area (Å²) in [6.45, 7) is 0. The van der Waals surface area contributed by atoms with Gasteiger partial charge >= 0.3 is 0 Å². The van der Waals surface area contributed by atoms with Gasteiger partial charge in [-0.3, -0.25) is 0 Å². The zero-order valence-electron chi connectivity index (χ0n) is 11.4. The smallest absolute Gasteiger partial charge is 0.235 e. The number of aliphatic imine (C=N–C) groups is 1. The number of fused-ring (bicyclic) bond motifs is 1. The Morgan fingerprint density at radius 3 is 2.80 bits per heavy atom. The van der Waals surface area contributed by atoms with Gasteiger partial charge in [0.05, 0.1) is 12.6 Å². The van der Waals surface area contributed by atoms with Gasteiger partial charge in [-0.2, -0.15) is 4.99 Å². The Morgan fingerprint density at radius 1 is 1.30 bits per heavy atom. The SMILES string of the molecule is COc1nccc2ccc(C3(N=C=O)CCCC3)cc12. The summed E-state index contributed by atoms with van der Waals surface area (Å²) in [5, 5.41) is 2.03. The first kappa shape index (κ1) is 12.8. The van der Waals surface area contributed by atoms with Crippen LogP contribution in [0.4, 0.5) is 0 Å². The molecule has 0 N–H and O–H groups in total. The minimum Gasteiger partial charge on any atom is -0.481 e. The standard InChI is InChI=1S/C16H16N2O2/c1-20-15-14-10-13(5-4-12(14)6-9-17-15)16(18-11-19)7-2-3-8-16/h4-6,9-10H,2-3,7-8H2,1H3. The van der Waals surface area contributed by atoms with Gasteiger partial charge in [0.1, 0.15) is 0 Å². The Kier molecular flexibility index (Phi) is 3.25. The summed E-state index contributed by atoms with van der Waals surface area (Å²) in [6, 6.07) is 8.09. The van der Waals surface area contributed by atoms with Crippen molar-refractivity contribution < 1.29 is 9.53 Å². The van der Waals surface area contributed by atoms with Gasteiger partial charge in [0.15, 0.2) is 0 Å². The van der Waals surface area contributed by atoms with E-state index in [1.807, 2.05) is 24.3 Å². The van der Waals surface area contributed by atoms with Gasteiger partial charge in [-0.1, -0.05) is 25.0 Å². The van der Waals surface area contributed by atoms with Crippen LogP contribution in [-0.4, -0.2) is 18.2 Å². The number of rotatable bonds is 3. The molecular weight excluding hydrogens is 252 g/mol. The second kappa shape index (κ2) is 5.06. The fourth-order valence-corrected chi connectivity index (χ4v) is 3.11.